The third-order valence-electron chi connectivity index (χ3n) is 4.80. The Morgan fingerprint density at radius 1 is 1.06 bits per heavy atom. The number of piperidine rings is 1. The van der Waals surface area contributed by atoms with Gasteiger partial charge in [0.1, 0.15) is 0 Å². The van der Waals surface area contributed by atoms with Crippen LogP contribution < -0.4 is 0 Å². The number of aliphatic hydroxyl groups is 1. The van der Waals surface area contributed by atoms with Crippen molar-refractivity contribution in [3.05, 3.63) is 0 Å². The minimum absolute atomic E-state index is 0.0145. The van der Waals surface area contributed by atoms with Gasteiger partial charge < -0.3 is 9.59 Å². The topological polar surface area (TPSA) is 20.2 Å². The Morgan fingerprint density at radius 2 is 1.69 bits per heavy atom. The van der Waals surface area contributed by atoms with Crippen molar-refractivity contribution in [2.45, 2.75) is 57.5 Å². The molecule has 1 heterocycles. The van der Waals surface area contributed by atoms with Crippen LogP contribution >= 0.6 is 0 Å². The molecule has 1 unspecified atom stereocenters. The van der Waals surface area contributed by atoms with E-state index in [1.807, 2.05) is 0 Å². The molecular formula is C14H28NO+. The van der Waals surface area contributed by atoms with E-state index in [4.69, 9.17) is 0 Å². The van der Waals surface area contributed by atoms with Crippen molar-refractivity contribution in [3.63, 3.8) is 0 Å². The maximum Gasteiger partial charge on any atom is 0.0809 e. The second kappa shape index (κ2) is 5.50. The first-order valence-corrected chi connectivity index (χ1v) is 7.21. The zero-order valence-electron chi connectivity index (χ0n) is 10.8. The third kappa shape index (κ3) is 3.21. The maximum absolute atomic E-state index is 10.2. The largest absolute Gasteiger partial charge is 0.393 e. The van der Waals surface area contributed by atoms with E-state index in [1.54, 1.807) is 0 Å². The molecule has 1 aliphatic heterocycles. The summed E-state index contributed by atoms with van der Waals surface area (Å²) in [5.41, 5.74) is 0. The van der Waals surface area contributed by atoms with Crippen molar-refractivity contribution >= 4 is 0 Å². The summed E-state index contributed by atoms with van der Waals surface area (Å²) in [5.74, 6) is 0.622. The van der Waals surface area contributed by atoms with Gasteiger partial charge in [-0.25, -0.2) is 0 Å². The minimum Gasteiger partial charge on any atom is -0.393 e. The molecule has 0 bridgehead atoms. The van der Waals surface area contributed by atoms with Gasteiger partial charge in [0, 0.05) is 6.42 Å². The number of nitrogens with zero attached hydrogens (tertiary/aromatic N) is 1. The summed E-state index contributed by atoms with van der Waals surface area (Å²) in [7, 11) is 2.38. The highest BCUT2D eigenvalue weighted by molar-refractivity contribution is 4.74. The predicted octanol–water partition coefficient (Wildman–Crippen LogP) is 2.56. The van der Waals surface area contributed by atoms with Crippen LogP contribution in [0.3, 0.4) is 0 Å². The number of hydrogen-bond acceptors (Lipinski definition) is 1. The second-order valence-corrected chi connectivity index (χ2v) is 6.25. The molecule has 1 atom stereocenters. The molecule has 0 radical (unpaired) electrons. The first kappa shape index (κ1) is 12.4. The number of rotatable bonds is 4. The van der Waals surface area contributed by atoms with E-state index in [-0.39, 0.29) is 6.10 Å². The normalized spacial score (nSPS) is 28.1. The van der Waals surface area contributed by atoms with Gasteiger partial charge in [-0.2, -0.15) is 0 Å². The van der Waals surface area contributed by atoms with Crippen LogP contribution in [0.2, 0.25) is 0 Å². The molecule has 0 aromatic heterocycles. The third-order valence-corrected chi connectivity index (χ3v) is 4.80. The van der Waals surface area contributed by atoms with Crippen molar-refractivity contribution in [1.29, 1.82) is 0 Å². The van der Waals surface area contributed by atoms with E-state index in [0.717, 1.165) is 6.42 Å². The lowest BCUT2D eigenvalue weighted by molar-refractivity contribution is -0.914. The Kier molecular flexibility index (Phi) is 4.26. The highest BCUT2D eigenvalue weighted by atomic mass is 16.3. The lowest BCUT2D eigenvalue weighted by Gasteiger charge is -2.38. The molecule has 2 heteroatoms. The molecule has 94 valence electrons. The van der Waals surface area contributed by atoms with Crippen LogP contribution in [0.5, 0.6) is 0 Å². The molecule has 16 heavy (non-hydrogen) atoms. The standard InChI is InChI=1S/C14H28NO/c1-15(10-5-2-6-11-15)12-9-14(16)13-7-3-4-8-13/h13-14,16H,2-12H2,1H3/q+1. The number of quaternary nitrogens is 1. The van der Waals surface area contributed by atoms with Gasteiger partial charge in [-0.1, -0.05) is 12.8 Å². The van der Waals surface area contributed by atoms with Crippen LogP contribution in [0.25, 0.3) is 0 Å². The molecule has 0 spiro atoms. The summed E-state index contributed by atoms with van der Waals surface area (Å²) in [6.07, 6.45) is 10.4. The molecule has 2 aliphatic rings. The fraction of sp³-hybridized carbons (Fsp3) is 1.00. The first-order chi connectivity index (χ1) is 7.70. The van der Waals surface area contributed by atoms with Crippen molar-refractivity contribution < 1.29 is 9.59 Å². The van der Waals surface area contributed by atoms with Gasteiger partial charge in [0.15, 0.2) is 0 Å². The molecule has 1 N–H and O–H groups in total. The van der Waals surface area contributed by atoms with Crippen LogP contribution in [-0.2, 0) is 0 Å². The van der Waals surface area contributed by atoms with E-state index < -0.39 is 0 Å². The van der Waals surface area contributed by atoms with Crippen molar-refractivity contribution in [2.75, 3.05) is 26.7 Å². The summed E-state index contributed by atoms with van der Waals surface area (Å²) in [5, 5.41) is 10.2. The fourth-order valence-corrected chi connectivity index (χ4v) is 3.52. The zero-order chi connectivity index (χ0) is 11.4. The van der Waals surface area contributed by atoms with E-state index in [1.165, 1.54) is 69.1 Å². The Morgan fingerprint density at radius 3 is 2.31 bits per heavy atom. The van der Waals surface area contributed by atoms with Crippen LogP contribution in [0.4, 0.5) is 0 Å². The Hall–Kier alpha value is -0.0800. The SMILES string of the molecule is C[N+]1(CCC(O)C2CCCC2)CCCCC1. The van der Waals surface area contributed by atoms with Crippen LogP contribution in [-0.4, -0.2) is 42.4 Å². The summed E-state index contributed by atoms with van der Waals surface area (Å²) in [6, 6.07) is 0. The van der Waals surface area contributed by atoms with Gasteiger partial charge in [-0.15, -0.1) is 0 Å². The Bertz CT molecular complexity index is 205. The second-order valence-electron chi connectivity index (χ2n) is 6.25. The molecule has 0 aromatic rings. The molecule has 1 saturated carbocycles. The molecule has 2 rings (SSSR count). The quantitative estimate of drug-likeness (QED) is 0.731. The van der Waals surface area contributed by atoms with Crippen LogP contribution in [0, 0.1) is 5.92 Å². The summed E-state index contributed by atoms with van der Waals surface area (Å²) in [4.78, 5) is 0. The van der Waals surface area contributed by atoms with E-state index in [9.17, 15) is 5.11 Å². The molecule has 1 aliphatic carbocycles. The number of likely N-dealkylation sites (tertiary alicyclic amines) is 1. The summed E-state index contributed by atoms with van der Waals surface area (Å²) >= 11 is 0. The van der Waals surface area contributed by atoms with Gasteiger partial charge >= 0.3 is 0 Å². The van der Waals surface area contributed by atoms with Crippen molar-refractivity contribution in [2.24, 2.45) is 5.92 Å². The molecule has 2 nitrogen and oxygen atoms in total. The summed E-state index contributed by atoms with van der Waals surface area (Å²) < 4.78 is 1.21. The van der Waals surface area contributed by atoms with E-state index in [0.29, 0.717) is 5.92 Å². The average molecular weight is 226 g/mol. The van der Waals surface area contributed by atoms with E-state index >= 15 is 0 Å². The van der Waals surface area contributed by atoms with Gasteiger partial charge in [0.25, 0.3) is 0 Å². The van der Waals surface area contributed by atoms with Gasteiger partial charge in [-0.05, 0) is 38.0 Å². The average Bonchev–Trinajstić information content (AvgIpc) is 2.80. The predicted molar refractivity (Wildman–Crippen MR) is 67.2 cm³/mol. The van der Waals surface area contributed by atoms with Gasteiger partial charge in [0.2, 0.25) is 0 Å². The lowest BCUT2D eigenvalue weighted by atomic mass is 9.97. The minimum atomic E-state index is -0.0145. The highest BCUT2D eigenvalue weighted by Gasteiger charge is 2.28. The highest BCUT2D eigenvalue weighted by Crippen LogP contribution is 2.29. The molecule has 2 fully saturated rings. The van der Waals surface area contributed by atoms with Crippen molar-refractivity contribution in [3.8, 4) is 0 Å². The maximum atomic E-state index is 10.2. The Labute approximate surface area is 100 Å². The monoisotopic (exact) mass is 226 g/mol. The number of hydrogen-bond donors (Lipinski definition) is 1. The lowest BCUT2D eigenvalue weighted by Crippen LogP contribution is -2.49. The Balaban J connectivity index is 1.72. The fourth-order valence-electron chi connectivity index (χ4n) is 3.52. The van der Waals surface area contributed by atoms with Crippen LogP contribution in [0.1, 0.15) is 51.4 Å². The molecule has 0 amide bonds. The van der Waals surface area contributed by atoms with Gasteiger partial charge in [-0.3, -0.25) is 0 Å². The van der Waals surface area contributed by atoms with Gasteiger partial charge in [0.05, 0.1) is 32.8 Å². The molecule has 1 saturated heterocycles. The first-order valence-electron chi connectivity index (χ1n) is 7.21. The van der Waals surface area contributed by atoms with Crippen molar-refractivity contribution in [1.82, 2.24) is 0 Å². The molecular weight excluding hydrogens is 198 g/mol. The molecule has 0 aromatic carbocycles. The number of aliphatic hydroxyl groups excluding tert-OH is 1. The zero-order valence-corrected chi connectivity index (χ0v) is 10.8. The van der Waals surface area contributed by atoms with Crippen LogP contribution in [0.15, 0.2) is 0 Å². The summed E-state index contributed by atoms with van der Waals surface area (Å²) in [6.45, 7) is 3.85. The van der Waals surface area contributed by atoms with E-state index in [2.05, 4.69) is 7.05 Å². The smallest absolute Gasteiger partial charge is 0.0809 e.